The number of carboxylic acids is 1. The van der Waals surface area contributed by atoms with E-state index >= 15 is 0 Å². The first-order chi connectivity index (χ1) is 7.07. The van der Waals surface area contributed by atoms with E-state index in [0.29, 0.717) is 5.75 Å². The standard InChI is InChI=1S/C9H9NO4S/c1-2-15-8-6(9(11)12)4-3-5-7(8)10(13)14/h3-5H,2H2,1H3,(H,11,12). The Balaban J connectivity index is 3.34. The first kappa shape index (κ1) is 11.5. The Labute approximate surface area is 90.3 Å². The van der Waals surface area contributed by atoms with Gasteiger partial charge in [0.25, 0.3) is 5.69 Å². The predicted octanol–water partition coefficient (Wildman–Crippen LogP) is 2.41. The smallest absolute Gasteiger partial charge is 0.337 e. The summed E-state index contributed by atoms with van der Waals surface area (Å²) in [5, 5.41) is 19.5. The van der Waals surface area contributed by atoms with Gasteiger partial charge in [0, 0.05) is 6.07 Å². The fraction of sp³-hybridized carbons (Fsp3) is 0.222. The Morgan fingerprint density at radius 3 is 2.73 bits per heavy atom. The second kappa shape index (κ2) is 4.79. The second-order valence-electron chi connectivity index (χ2n) is 2.65. The van der Waals surface area contributed by atoms with Crippen LogP contribution < -0.4 is 0 Å². The van der Waals surface area contributed by atoms with Crippen LogP contribution in [-0.4, -0.2) is 21.8 Å². The van der Waals surface area contributed by atoms with Gasteiger partial charge in [-0.1, -0.05) is 13.0 Å². The minimum absolute atomic E-state index is 0.0175. The Hall–Kier alpha value is -1.56. The number of hydrogen-bond donors (Lipinski definition) is 1. The number of aromatic carboxylic acids is 1. The average Bonchev–Trinajstić information content (AvgIpc) is 2.17. The molecule has 0 bridgehead atoms. The summed E-state index contributed by atoms with van der Waals surface area (Å²) in [4.78, 5) is 21.2. The molecule has 0 amide bonds. The van der Waals surface area contributed by atoms with Gasteiger partial charge in [0.05, 0.1) is 15.4 Å². The Bertz CT molecular complexity index is 373. The molecular formula is C9H9NO4S. The van der Waals surface area contributed by atoms with Crippen LogP contribution in [0.15, 0.2) is 23.1 Å². The van der Waals surface area contributed by atoms with E-state index in [0.717, 1.165) is 11.8 Å². The molecule has 0 spiro atoms. The van der Waals surface area contributed by atoms with Crippen LogP contribution in [0.3, 0.4) is 0 Å². The molecule has 0 aromatic heterocycles. The molecule has 0 radical (unpaired) electrons. The second-order valence-corrected chi connectivity index (χ2v) is 3.92. The van der Waals surface area contributed by atoms with Crippen molar-refractivity contribution in [2.45, 2.75) is 11.8 Å². The highest BCUT2D eigenvalue weighted by atomic mass is 32.2. The summed E-state index contributed by atoms with van der Waals surface area (Å²) < 4.78 is 0. The van der Waals surface area contributed by atoms with Gasteiger partial charge in [-0.05, 0) is 11.8 Å². The third kappa shape index (κ3) is 2.47. The maximum Gasteiger partial charge on any atom is 0.337 e. The Morgan fingerprint density at radius 2 is 2.27 bits per heavy atom. The summed E-state index contributed by atoms with van der Waals surface area (Å²) in [7, 11) is 0. The molecule has 0 atom stereocenters. The van der Waals surface area contributed by atoms with Crippen molar-refractivity contribution in [3.63, 3.8) is 0 Å². The van der Waals surface area contributed by atoms with Crippen LogP contribution >= 0.6 is 11.8 Å². The quantitative estimate of drug-likeness (QED) is 0.485. The third-order valence-electron chi connectivity index (χ3n) is 1.71. The van der Waals surface area contributed by atoms with Crippen molar-refractivity contribution in [2.75, 3.05) is 5.75 Å². The van der Waals surface area contributed by atoms with E-state index in [-0.39, 0.29) is 16.1 Å². The topological polar surface area (TPSA) is 80.4 Å². The number of carboxylic acid groups (broad SMARTS) is 1. The van der Waals surface area contributed by atoms with Gasteiger partial charge in [0.2, 0.25) is 0 Å². The van der Waals surface area contributed by atoms with Crippen LogP contribution in [0.5, 0.6) is 0 Å². The van der Waals surface area contributed by atoms with E-state index in [1.165, 1.54) is 18.2 Å². The fourth-order valence-electron chi connectivity index (χ4n) is 1.13. The van der Waals surface area contributed by atoms with Crippen molar-refractivity contribution in [1.82, 2.24) is 0 Å². The van der Waals surface area contributed by atoms with Crippen LogP contribution in [-0.2, 0) is 0 Å². The molecule has 0 aliphatic carbocycles. The van der Waals surface area contributed by atoms with Gasteiger partial charge < -0.3 is 5.11 Å². The summed E-state index contributed by atoms with van der Waals surface area (Å²) in [5.74, 6) is -0.555. The first-order valence-electron chi connectivity index (χ1n) is 4.21. The zero-order valence-corrected chi connectivity index (χ0v) is 8.78. The van der Waals surface area contributed by atoms with Gasteiger partial charge in [-0.2, -0.15) is 0 Å². The maximum atomic E-state index is 10.8. The average molecular weight is 227 g/mol. The fourth-order valence-corrected chi connectivity index (χ4v) is 2.02. The molecule has 0 aliphatic heterocycles. The van der Waals surface area contributed by atoms with E-state index in [1.54, 1.807) is 0 Å². The van der Waals surface area contributed by atoms with Crippen LogP contribution in [0, 0.1) is 10.1 Å². The molecule has 15 heavy (non-hydrogen) atoms. The normalized spacial score (nSPS) is 9.93. The zero-order valence-electron chi connectivity index (χ0n) is 7.97. The van der Waals surface area contributed by atoms with Crippen LogP contribution in [0.25, 0.3) is 0 Å². The van der Waals surface area contributed by atoms with Crippen LogP contribution in [0.2, 0.25) is 0 Å². The minimum Gasteiger partial charge on any atom is -0.478 e. The molecule has 1 aromatic rings. The van der Waals surface area contributed by atoms with E-state index < -0.39 is 10.9 Å². The van der Waals surface area contributed by atoms with Crippen molar-refractivity contribution in [3.8, 4) is 0 Å². The molecule has 1 rings (SSSR count). The predicted molar refractivity (Wildman–Crippen MR) is 56.5 cm³/mol. The summed E-state index contributed by atoms with van der Waals surface area (Å²) in [6.45, 7) is 1.81. The highest BCUT2D eigenvalue weighted by molar-refractivity contribution is 7.99. The van der Waals surface area contributed by atoms with Crippen molar-refractivity contribution in [1.29, 1.82) is 0 Å². The summed E-state index contributed by atoms with van der Waals surface area (Å²) in [6.07, 6.45) is 0. The number of hydrogen-bond acceptors (Lipinski definition) is 4. The van der Waals surface area contributed by atoms with Gasteiger partial charge in [-0.3, -0.25) is 10.1 Å². The lowest BCUT2D eigenvalue weighted by Crippen LogP contribution is -2.02. The Morgan fingerprint density at radius 1 is 1.60 bits per heavy atom. The van der Waals surface area contributed by atoms with Gasteiger partial charge >= 0.3 is 5.97 Å². The first-order valence-corrected chi connectivity index (χ1v) is 5.20. The number of rotatable bonds is 4. The van der Waals surface area contributed by atoms with Crippen molar-refractivity contribution in [3.05, 3.63) is 33.9 Å². The number of nitrogens with zero attached hydrogens (tertiary/aromatic N) is 1. The summed E-state index contributed by atoms with van der Waals surface area (Å²) in [5.41, 5.74) is -0.169. The van der Waals surface area contributed by atoms with Gasteiger partial charge in [-0.25, -0.2) is 4.79 Å². The molecule has 0 saturated heterocycles. The summed E-state index contributed by atoms with van der Waals surface area (Å²) in [6, 6.07) is 4.05. The lowest BCUT2D eigenvalue weighted by molar-refractivity contribution is -0.387. The molecule has 0 heterocycles. The number of nitro groups is 1. The third-order valence-corrected chi connectivity index (χ3v) is 2.72. The van der Waals surface area contributed by atoms with Crippen molar-refractivity contribution < 1.29 is 14.8 Å². The minimum atomic E-state index is -1.14. The highest BCUT2D eigenvalue weighted by Crippen LogP contribution is 2.32. The molecule has 80 valence electrons. The van der Waals surface area contributed by atoms with Gasteiger partial charge in [0.15, 0.2) is 0 Å². The largest absolute Gasteiger partial charge is 0.478 e. The Kier molecular flexibility index (Phi) is 3.68. The summed E-state index contributed by atoms with van der Waals surface area (Å²) >= 11 is 1.16. The molecule has 1 aromatic carbocycles. The van der Waals surface area contributed by atoms with Crippen LogP contribution in [0.1, 0.15) is 17.3 Å². The van der Waals surface area contributed by atoms with E-state index in [2.05, 4.69) is 0 Å². The van der Waals surface area contributed by atoms with Crippen LogP contribution in [0.4, 0.5) is 5.69 Å². The van der Waals surface area contributed by atoms with Gasteiger partial charge in [-0.15, -0.1) is 11.8 Å². The number of benzene rings is 1. The molecule has 6 heteroatoms. The maximum absolute atomic E-state index is 10.8. The number of carbonyl (C=O) groups is 1. The van der Waals surface area contributed by atoms with E-state index in [4.69, 9.17) is 5.11 Å². The lowest BCUT2D eigenvalue weighted by Gasteiger charge is -2.04. The SMILES string of the molecule is CCSc1c(C(=O)O)cccc1[N+](=O)[O-]. The van der Waals surface area contributed by atoms with E-state index in [1.807, 2.05) is 6.92 Å². The number of nitro benzene ring substituents is 1. The molecule has 0 aliphatic rings. The van der Waals surface area contributed by atoms with Gasteiger partial charge in [0.1, 0.15) is 0 Å². The molecule has 5 nitrogen and oxygen atoms in total. The molecule has 0 saturated carbocycles. The van der Waals surface area contributed by atoms with Crippen molar-refractivity contribution in [2.24, 2.45) is 0 Å². The molecule has 0 unspecified atom stereocenters. The molecule has 0 fully saturated rings. The molecule has 1 N–H and O–H groups in total. The highest BCUT2D eigenvalue weighted by Gasteiger charge is 2.20. The lowest BCUT2D eigenvalue weighted by atomic mass is 10.2. The molecular weight excluding hydrogens is 218 g/mol. The van der Waals surface area contributed by atoms with Crippen molar-refractivity contribution >= 4 is 23.4 Å². The zero-order chi connectivity index (χ0) is 11.4. The number of thioether (sulfide) groups is 1. The monoisotopic (exact) mass is 227 g/mol. The van der Waals surface area contributed by atoms with E-state index in [9.17, 15) is 14.9 Å².